The Kier molecular flexibility index (Phi) is 2.56. The van der Waals surface area contributed by atoms with Gasteiger partial charge in [0.2, 0.25) is 0 Å². The summed E-state index contributed by atoms with van der Waals surface area (Å²) in [6, 6.07) is 0. The third-order valence-electron chi connectivity index (χ3n) is 1.13. The highest BCUT2D eigenvalue weighted by molar-refractivity contribution is 5.89. The van der Waals surface area contributed by atoms with E-state index in [1.54, 1.807) is 13.8 Å². The van der Waals surface area contributed by atoms with Crippen molar-refractivity contribution in [2.45, 2.75) is 19.4 Å². The van der Waals surface area contributed by atoms with Crippen LogP contribution in [0.25, 0.3) is 0 Å². The van der Waals surface area contributed by atoms with E-state index in [0.717, 1.165) is 0 Å². The fourth-order valence-electron chi connectivity index (χ4n) is 0.334. The molecule has 0 aliphatic rings. The van der Waals surface area contributed by atoms with Gasteiger partial charge in [0.25, 0.3) is 0 Å². The molecular weight excluding hydrogens is 132 g/mol. The predicted octanol–water partition coefficient (Wildman–Crippen LogP) is -0.303. The first kappa shape index (κ1) is 9.13. The molecular formula is C6H12N2O2. The average Bonchev–Trinajstić information content (AvgIpc) is 1.83. The van der Waals surface area contributed by atoms with Gasteiger partial charge in [0.1, 0.15) is 0 Å². The first-order valence-electron chi connectivity index (χ1n) is 2.79. The van der Waals surface area contributed by atoms with Crippen LogP contribution < -0.4 is 11.6 Å². The first-order valence-corrected chi connectivity index (χ1v) is 2.79. The molecule has 0 aromatic rings. The number of hydrogen-bond acceptors (Lipinski definition) is 4. The standard InChI is InChI=1S/C6H12N2O2/c1-4(5(9)10-8)6(2,3)7/h1,7-8H2,2-3H3. The Morgan fingerprint density at radius 3 is 2.10 bits per heavy atom. The molecule has 58 valence electrons. The summed E-state index contributed by atoms with van der Waals surface area (Å²) >= 11 is 0. The molecule has 0 aromatic heterocycles. The van der Waals surface area contributed by atoms with Crippen molar-refractivity contribution in [1.29, 1.82) is 0 Å². The van der Waals surface area contributed by atoms with Crippen LogP contribution in [0, 0.1) is 0 Å². The molecule has 4 nitrogen and oxygen atoms in total. The molecule has 0 amide bonds. The third-order valence-corrected chi connectivity index (χ3v) is 1.13. The number of nitrogens with two attached hydrogens (primary N) is 2. The van der Waals surface area contributed by atoms with Gasteiger partial charge in [0, 0.05) is 5.54 Å². The minimum Gasteiger partial charge on any atom is -0.370 e. The van der Waals surface area contributed by atoms with E-state index in [2.05, 4.69) is 17.3 Å². The molecule has 0 unspecified atom stereocenters. The van der Waals surface area contributed by atoms with E-state index in [-0.39, 0.29) is 5.57 Å². The highest BCUT2D eigenvalue weighted by Crippen LogP contribution is 2.10. The molecule has 0 radical (unpaired) electrons. The van der Waals surface area contributed by atoms with Crippen molar-refractivity contribution >= 4 is 5.97 Å². The van der Waals surface area contributed by atoms with E-state index in [1.165, 1.54) is 0 Å². The van der Waals surface area contributed by atoms with Crippen LogP contribution in [0.2, 0.25) is 0 Å². The monoisotopic (exact) mass is 144 g/mol. The Hall–Kier alpha value is -0.870. The van der Waals surface area contributed by atoms with Crippen LogP contribution in [0.1, 0.15) is 13.8 Å². The van der Waals surface area contributed by atoms with Gasteiger partial charge in [-0.25, -0.2) is 4.79 Å². The summed E-state index contributed by atoms with van der Waals surface area (Å²) in [5.41, 5.74) is 4.89. The minimum atomic E-state index is -0.767. The highest BCUT2D eigenvalue weighted by Gasteiger charge is 2.22. The molecule has 0 spiro atoms. The highest BCUT2D eigenvalue weighted by atomic mass is 16.7. The molecule has 4 heteroatoms. The zero-order valence-electron chi connectivity index (χ0n) is 6.18. The molecule has 0 atom stereocenters. The summed E-state index contributed by atoms with van der Waals surface area (Å²) < 4.78 is 0. The van der Waals surface area contributed by atoms with Crippen LogP contribution in [-0.2, 0) is 9.63 Å². The van der Waals surface area contributed by atoms with E-state index < -0.39 is 11.5 Å². The van der Waals surface area contributed by atoms with Gasteiger partial charge in [-0.2, -0.15) is 5.90 Å². The second kappa shape index (κ2) is 2.81. The summed E-state index contributed by atoms with van der Waals surface area (Å²) in [7, 11) is 0. The first-order chi connectivity index (χ1) is 4.39. The van der Waals surface area contributed by atoms with Crippen molar-refractivity contribution in [1.82, 2.24) is 0 Å². The third kappa shape index (κ3) is 2.16. The van der Waals surface area contributed by atoms with Crippen LogP contribution >= 0.6 is 0 Å². The molecule has 0 rings (SSSR count). The summed E-state index contributed by atoms with van der Waals surface area (Å²) in [5, 5.41) is 0. The number of carbonyl (C=O) groups is 1. The van der Waals surface area contributed by atoms with Crippen molar-refractivity contribution in [3.63, 3.8) is 0 Å². The Bertz CT molecular complexity index is 158. The van der Waals surface area contributed by atoms with Crippen molar-refractivity contribution in [3.8, 4) is 0 Å². The Labute approximate surface area is 59.8 Å². The normalized spacial score (nSPS) is 10.8. The smallest absolute Gasteiger partial charge is 0.353 e. The Balaban J connectivity index is 4.24. The second-order valence-electron chi connectivity index (χ2n) is 2.61. The molecule has 10 heavy (non-hydrogen) atoms. The largest absolute Gasteiger partial charge is 0.370 e. The maximum absolute atomic E-state index is 10.6. The maximum atomic E-state index is 10.6. The lowest BCUT2D eigenvalue weighted by Gasteiger charge is -2.18. The molecule has 0 fully saturated rings. The molecule has 0 saturated heterocycles. The summed E-state index contributed by atoms with van der Waals surface area (Å²) in [5.74, 6) is 3.93. The van der Waals surface area contributed by atoms with Gasteiger partial charge in [0.05, 0.1) is 5.57 Å². The number of hydrogen-bond donors (Lipinski definition) is 2. The molecule has 0 aliphatic heterocycles. The van der Waals surface area contributed by atoms with Gasteiger partial charge < -0.3 is 10.6 Å². The second-order valence-corrected chi connectivity index (χ2v) is 2.61. The minimum absolute atomic E-state index is 0.162. The van der Waals surface area contributed by atoms with Gasteiger partial charge in [-0.1, -0.05) is 6.58 Å². The molecule has 0 aliphatic carbocycles. The van der Waals surface area contributed by atoms with Crippen molar-refractivity contribution < 1.29 is 9.63 Å². The zero-order valence-corrected chi connectivity index (χ0v) is 6.18. The van der Waals surface area contributed by atoms with Gasteiger partial charge in [0.15, 0.2) is 0 Å². The fourth-order valence-corrected chi connectivity index (χ4v) is 0.334. The molecule has 0 bridgehead atoms. The SMILES string of the molecule is C=C(C(=O)ON)C(C)(C)N. The number of carbonyl (C=O) groups excluding carboxylic acids is 1. The Morgan fingerprint density at radius 2 is 2.00 bits per heavy atom. The number of rotatable bonds is 2. The topological polar surface area (TPSA) is 78.3 Å². The lowest BCUT2D eigenvalue weighted by atomic mass is 9.97. The van der Waals surface area contributed by atoms with E-state index in [1.807, 2.05) is 0 Å². The van der Waals surface area contributed by atoms with Crippen LogP contribution in [0.3, 0.4) is 0 Å². The van der Waals surface area contributed by atoms with E-state index in [4.69, 9.17) is 5.73 Å². The van der Waals surface area contributed by atoms with E-state index in [9.17, 15) is 4.79 Å². The van der Waals surface area contributed by atoms with E-state index in [0.29, 0.717) is 0 Å². The van der Waals surface area contributed by atoms with Gasteiger partial charge >= 0.3 is 5.97 Å². The van der Waals surface area contributed by atoms with Crippen LogP contribution in [0.4, 0.5) is 0 Å². The van der Waals surface area contributed by atoms with Crippen LogP contribution in [-0.4, -0.2) is 11.5 Å². The van der Waals surface area contributed by atoms with Gasteiger partial charge in [-0.15, -0.1) is 0 Å². The van der Waals surface area contributed by atoms with E-state index >= 15 is 0 Å². The van der Waals surface area contributed by atoms with Crippen molar-refractivity contribution in [3.05, 3.63) is 12.2 Å². The zero-order chi connectivity index (χ0) is 8.36. The summed E-state index contributed by atoms with van der Waals surface area (Å²) in [4.78, 5) is 14.6. The summed E-state index contributed by atoms with van der Waals surface area (Å²) in [6.45, 7) is 6.71. The van der Waals surface area contributed by atoms with Gasteiger partial charge in [-0.05, 0) is 13.8 Å². The van der Waals surface area contributed by atoms with Crippen LogP contribution in [0.5, 0.6) is 0 Å². The fraction of sp³-hybridized carbons (Fsp3) is 0.500. The van der Waals surface area contributed by atoms with Crippen molar-refractivity contribution in [2.24, 2.45) is 11.6 Å². The molecule has 4 N–H and O–H groups in total. The lowest BCUT2D eigenvalue weighted by molar-refractivity contribution is -0.140. The average molecular weight is 144 g/mol. The Morgan fingerprint density at radius 1 is 1.60 bits per heavy atom. The molecule has 0 saturated carbocycles. The van der Waals surface area contributed by atoms with Gasteiger partial charge in [-0.3, -0.25) is 0 Å². The maximum Gasteiger partial charge on any atom is 0.353 e. The molecule has 0 aromatic carbocycles. The quantitative estimate of drug-likeness (QED) is 0.412. The lowest BCUT2D eigenvalue weighted by Crippen LogP contribution is -2.38. The summed E-state index contributed by atoms with van der Waals surface area (Å²) in [6.07, 6.45) is 0. The van der Waals surface area contributed by atoms with Crippen molar-refractivity contribution in [2.75, 3.05) is 0 Å². The predicted molar refractivity (Wildman–Crippen MR) is 37.7 cm³/mol. The molecule has 0 heterocycles. The van der Waals surface area contributed by atoms with Crippen LogP contribution in [0.15, 0.2) is 12.2 Å².